The molecule has 0 saturated carbocycles. The molecule has 0 unspecified atom stereocenters. The maximum atomic E-state index is 5.37. The van der Waals surface area contributed by atoms with Crippen LogP contribution >= 0.6 is 0 Å². The van der Waals surface area contributed by atoms with E-state index >= 15 is 0 Å². The van der Waals surface area contributed by atoms with Crippen molar-refractivity contribution in [3.63, 3.8) is 0 Å². The van der Waals surface area contributed by atoms with E-state index in [9.17, 15) is 0 Å². The van der Waals surface area contributed by atoms with Crippen LogP contribution in [0.15, 0.2) is 30.3 Å². The highest BCUT2D eigenvalue weighted by Crippen LogP contribution is 2.06. The van der Waals surface area contributed by atoms with Crippen molar-refractivity contribution in [3.8, 4) is 0 Å². The maximum absolute atomic E-state index is 5.37. The summed E-state index contributed by atoms with van der Waals surface area (Å²) in [4.78, 5) is 0. The van der Waals surface area contributed by atoms with Gasteiger partial charge in [0.05, 0.1) is 0 Å². The molecule has 13 heavy (non-hydrogen) atoms. The van der Waals surface area contributed by atoms with E-state index in [1.165, 1.54) is 11.1 Å². The van der Waals surface area contributed by atoms with E-state index < -0.39 is 0 Å². The summed E-state index contributed by atoms with van der Waals surface area (Å²) in [6.07, 6.45) is 4.00. The summed E-state index contributed by atoms with van der Waals surface area (Å²) >= 11 is 0. The first kappa shape index (κ1) is 9.96. The van der Waals surface area contributed by atoms with E-state index in [0.717, 1.165) is 6.54 Å². The molecular formula is C11H16N2. The lowest BCUT2D eigenvalue weighted by Gasteiger charge is -2.00. The second-order valence-electron chi connectivity index (χ2n) is 2.91. The van der Waals surface area contributed by atoms with E-state index in [-0.39, 0.29) is 0 Å². The average Bonchev–Trinajstić information content (AvgIpc) is 2.16. The third-order valence-electron chi connectivity index (χ3n) is 1.78. The van der Waals surface area contributed by atoms with Gasteiger partial charge in [-0.1, -0.05) is 36.4 Å². The Morgan fingerprint density at radius 1 is 1.46 bits per heavy atom. The molecule has 3 N–H and O–H groups in total. The monoisotopic (exact) mass is 176 g/mol. The van der Waals surface area contributed by atoms with Crippen molar-refractivity contribution in [2.75, 3.05) is 13.6 Å². The van der Waals surface area contributed by atoms with Crippen molar-refractivity contribution in [1.29, 1.82) is 0 Å². The van der Waals surface area contributed by atoms with Gasteiger partial charge in [-0.05, 0) is 18.2 Å². The first-order valence-electron chi connectivity index (χ1n) is 4.47. The van der Waals surface area contributed by atoms with Gasteiger partial charge in [-0.25, -0.2) is 0 Å². The predicted octanol–water partition coefficient (Wildman–Crippen LogP) is 1.38. The highest BCUT2D eigenvalue weighted by molar-refractivity contribution is 5.50. The van der Waals surface area contributed by atoms with Gasteiger partial charge in [-0.2, -0.15) is 0 Å². The molecular weight excluding hydrogens is 160 g/mol. The Balaban J connectivity index is 2.73. The summed E-state index contributed by atoms with van der Waals surface area (Å²) < 4.78 is 0. The molecule has 0 radical (unpaired) electrons. The van der Waals surface area contributed by atoms with Gasteiger partial charge in [0.2, 0.25) is 0 Å². The summed E-state index contributed by atoms with van der Waals surface area (Å²) in [6.45, 7) is 1.50. The minimum Gasteiger partial charge on any atom is -0.327 e. The van der Waals surface area contributed by atoms with Crippen molar-refractivity contribution >= 4 is 6.08 Å². The third kappa shape index (κ3) is 3.40. The van der Waals surface area contributed by atoms with Crippen LogP contribution in [0.3, 0.4) is 0 Å². The molecule has 0 atom stereocenters. The van der Waals surface area contributed by atoms with Crippen LogP contribution in [0, 0.1) is 0 Å². The molecule has 0 amide bonds. The van der Waals surface area contributed by atoms with Crippen molar-refractivity contribution in [1.82, 2.24) is 5.32 Å². The van der Waals surface area contributed by atoms with E-state index in [1.807, 2.05) is 19.2 Å². The molecule has 0 aromatic heterocycles. The standard InChI is InChI=1S/C11H16N2/c1-13-9-11-5-2-4-10(8-11)6-3-7-12/h2-6,8,13H,7,9,12H2,1H3. The Kier molecular flexibility index (Phi) is 4.23. The van der Waals surface area contributed by atoms with Gasteiger partial charge in [0.1, 0.15) is 0 Å². The zero-order chi connectivity index (χ0) is 9.52. The zero-order valence-corrected chi connectivity index (χ0v) is 7.96. The molecule has 1 rings (SSSR count). The second kappa shape index (κ2) is 5.51. The van der Waals surface area contributed by atoms with Gasteiger partial charge in [0, 0.05) is 13.1 Å². The van der Waals surface area contributed by atoms with E-state index in [0.29, 0.717) is 6.54 Å². The number of hydrogen-bond donors (Lipinski definition) is 2. The number of nitrogens with one attached hydrogen (secondary N) is 1. The molecule has 0 bridgehead atoms. The first-order valence-corrected chi connectivity index (χ1v) is 4.47. The smallest absolute Gasteiger partial charge is 0.0202 e. The van der Waals surface area contributed by atoms with Crippen LogP contribution < -0.4 is 11.1 Å². The van der Waals surface area contributed by atoms with Gasteiger partial charge < -0.3 is 11.1 Å². The number of benzene rings is 1. The minimum atomic E-state index is 0.594. The molecule has 1 aromatic rings. The first-order chi connectivity index (χ1) is 6.36. The molecule has 2 nitrogen and oxygen atoms in total. The highest BCUT2D eigenvalue weighted by Gasteiger charge is 1.90. The van der Waals surface area contributed by atoms with E-state index in [2.05, 4.69) is 29.6 Å². The summed E-state index contributed by atoms with van der Waals surface area (Å²) in [6, 6.07) is 8.40. The van der Waals surface area contributed by atoms with Crippen molar-refractivity contribution < 1.29 is 0 Å². The third-order valence-corrected chi connectivity index (χ3v) is 1.78. The quantitative estimate of drug-likeness (QED) is 0.727. The van der Waals surface area contributed by atoms with Crippen LogP contribution in [0.2, 0.25) is 0 Å². The maximum Gasteiger partial charge on any atom is 0.0202 e. The average molecular weight is 176 g/mol. The summed E-state index contributed by atoms with van der Waals surface area (Å²) in [5.41, 5.74) is 7.87. The van der Waals surface area contributed by atoms with Crippen LogP contribution in [0.25, 0.3) is 6.08 Å². The van der Waals surface area contributed by atoms with Gasteiger partial charge in [-0.3, -0.25) is 0 Å². The van der Waals surface area contributed by atoms with Crippen LogP contribution in [0.4, 0.5) is 0 Å². The molecule has 0 aliphatic heterocycles. The Morgan fingerprint density at radius 2 is 2.31 bits per heavy atom. The van der Waals surface area contributed by atoms with Crippen LogP contribution in [0.5, 0.6) is 0 Å². The van der Waals surface area contributed by atoms with Crippen LogP contribution in [0.1, 0.15) is 11.1 Å². The number of nitrogens with two attached hydrogens (primary N) is 1. The molecule has 0 spiro atoms. The Bertz CT molecular complexity index is 279. The lowest BCUT2D eigenvalue weighted by molar-refractivity contribution is 0.818. The molecule has 0 saturated heterocycles. The second-order valence-corrected chi connectivity index (χ2v) is 2.91. The lowest BCUT2D eigenvalue weighted by atomic mass is 10.1. The van der Waals surface area contributed by atoms with E-state index in [4.69, 9.17) is 5.73 Å². The van der Waals surface area contributed by atoms with Gasteiger partial charge in [-0.15, -0.1) is 0 Å². The Morgan fingerprint density at radius 3 is 3.00 bits per heavy atom. The van der Waals surface area contributed by atoms with Crippen LogP contribution in [-0.4, -0.2) is 13.6 Å². The lowest BCUT2D eigenvalue weighted by Crippen LogP contribution is -2.04. The Labute approximate surface area is 79.5 Å². The fourth-order valence-electron chi connectivity index (χ4n) is 1.21. The molecule has 0 aliphatic rings. The fraction of sp³-hybridized carbons (Fsp3) is 0.273. The molecule has 1 aromatic carbocycles. The van der Waals surface area contributed by atoms with Crippen molar-refractivity contribution in [2.45, 2.75) is 6.54 Å². The van der Waals surface area contributed by atoms with Crippen molar-refractivity contribution in [3.05, 3.63) is 41.5 Å². The predicted molar refractivity (Wildman–Crippen MR) is 57.3 cm³/mol. The molecule has 0 heterocycles. The van der Waals surface area contributed by atoms with Gasteiger partial charge in [0.15, 0.2) is 0 Å². The Hall–Kier alpha value is -1.12. The minimum absolute atomic E-state index is 0.594. The highest BCUT2D eigenvalue weighted by atomic mass is 14.8. The molecule has 0 aliphatic carbocycles. The summed E-state index contributed by atoms with van der Waals surface area (Å²) in [7, 11) is 1.95. The van der Waals surface area contributed by atoms with Crippen LogP contribution in [-0.2, 0) is 6.54 Å². The summed E-state index contributed by atoms with van der Waals surface area (Å²) in [5, 5.41) is 3.12. The number of rotatable bonds is 4. The largest absolute Gasteiger partial charge is 0.327 e. The fourth-order valence-corrected chi connectivity index (χ4v) is 1.21. The van der Waals surface area contributed by atoms with Gasteiger partial charge >= 0.3 is 0 Å². The molecule has 0 fully saturated rings. The normalized spacial score (nSPS) is 10.9. The van der Waals surface area contributed by atoms with Crippen molar-refractivity contribution in [2.24, 2.45) is 5.73 Å². The molecule has 70 valence electrons. The van der Waals surface area contributed by atoms with E-state index in [1.54, 1.807) is 0 Å². The molecule has 2 heteroatoms. The summed E-state index contributed by atoms with van der Waals surface area (Å²) in [5.74, 6) is 0. The zero-order valence-electron chi connectivity index (χ0n) is 7.96. The number of hydrogen-bond acceptors (Lipinski definition) is 2. The van der Waals surface area contributed by atoms with Gasteiger partial charge in [0.25, 0.3) is 0 Å². The topological polar surface area (TPSA) is 38.0 Å². The SMILES string of the molecule is CNCc1cccc(C=CCN)c1.